The van der Waals surface area contributed by atoms with Gasteiger partial charge in [0.25, 0.3) is 0 Å². The molecule has 28 heavy (non-hydrogen) atoms. The molecule has 154 valence electrons. The van der Waals surface area contributed by atoms with Crippen molar-refractivity contribution in [3.63, 3.8) is 0 Å². The van der Waals surface area contributed by atoms with E-state index < -0.39 is 0 Å². The highest BCUT2D eigenvalue weighted by Crippen LogP contribution is 2.07. The predicted molar refractivity (Wildman–Crippen MR) is 130 cm³/mol. The van der Waals surface area contributed by atoms with Gasteiger partial charge in [-0.25, -0.2) is 0 Å². The Morgan fingerprint density at radius 1 is 0.429 bits per heavy atom. The molecule has 0 amide bonds. The van der Waals surface area contributed by atoms with Gasteiger partial charge in [0.05, 0.1) is 0 Å². The Labute approximate surface area is 175 Å². The molecule has 0 aromatic heterocycles. The molecule has 0 aliphatic rings. The van der Waals surface area contributed by atoms with Crippen molar-refractivity contribution in [3.05, 3.63) is 108 Å². The zero-order valence-corrected chi connectivity index (χ0v) is 19.3. The Hall–Kier alpha value is -2.34. The quantitative estimate of drug-likeness (QED) is 0.426. The molecule has 3 aromatic carbocycles. The topological polar surface area (TPSA) is 0 Å². The molecule has 0 N–H and O–H groups in total. The smallest absolute Gasteiger partial charge is 0.00258 e. The molecule has 0 saturated carbocycles. The molecule has 0 aliphatic heterocycles. The molecule has 0 heterocycles. The minimum atomic E-state index is 1.03. The lowest BCUT2D eigenvalue weighted by atomic mass is 10.1. The lowest BCUT2D eigenvalue weighted by Gasteiger charge is -2.00. The first-order valence-electron chi connectivity index (χ1n) is 10.9. The second-order valence-corrected chi connectivity index (χ2v) is 5.69. The van der Waals surface area contributed by atoms with Crippen LogP contribution in [0.15, 0.2) is 91.0 Å². The summed E-state index contributed by atoms with van der Waals surface area (Å²) in [5, 5.41) is 0. The Kier molecular flexibility index (Phi) is 22.6. The van der Waals surface area contributed by atoms with Gasteiger partial charge in [-0.05, 0) is 29.5 Å². The van der Waals surface area contributed by atoms with Crippen LogP contribution in [0.5, 0.6) is 0 Å². The molecule has 0 heteroatoms. The zero-order valence-electron chi connectivity index (χ0n) is 19.3. The monoisotopic (exact) mass is 378 g/mol. The van der Waals surface area contributed by atoms with Crippen molar-refractivity contribution in [2.75, 3.05) is 0 Å². The summed E-state index contributed by atoms with van der Waals surface area (Å²) in [6, 6.07) is 31.5. The van der Waals surface area contributed by atoms with E-state index in [1.165, 1.54) is 23.1 Å². The van der Waals surface area contributed by atoms with E-state index in [4.69, 9.17) is 0 Å². The minimum absolute atomic E-state index is 1.03. The SMILES string of the molecule is CC.CC.CCC.CCc1ccccc1.c1ccc(Cc2ccccc2)cc1. The van der Waals surface area contributed by atoms with E-state index in [0.29, 0.717) is 0 Å². The molecule has 0 aliphatic carbocycles. The van der Waals surface area contributed by atoms with Crippen molar-refractivity contribution >= 4 is 0 Å². The van der Waals surface area contributed by atoms with Crippen LogP contribution >= 0.6 is 0 Å². The summed E-state index contributed by atoms with van der Waals surface area (Å²) in [7, 11) is 0. The van der Waals surface area contributed by atoms with E-state index in [2.05, 4.69) is 106 Å². The summed E-state index contributed by atoms with van der Waals surface area (Å²) in [6.07, 6.45) is 3.42. The fourth-order valence-electron chi connectivity index (χ4n) is 2.14. The molecule has 0 atom stereocenters. The predicted octanol–water partition coefficient (Wildman–Crippen LogP) is 9.00. The number of hydrogen-bond acceptors (Lipinski definition) is 0. The van der Waals surface area contributed by atoms with Crippen LogP contribution in [-0.4, -0.2) is 0 Å². The van der Waals surface area contributed by atoms with Crippen molar-refractivity contribution in [2.45, 2.75) is 67.7 Å². The van der Waals surface area contributed by atoms with E-state index in [1.54, 1.807) is 0 Å². The molecular formula is C28H42. The summed E-state index contributed by atoms with van der Waals surface area (Å²) in [5.74, 6) is 0. The number of rotatable bonds is 3. The fraction of sp³-hybridized carbons (Fsp3) is 0.357. The average Bonchev–Trinajstić information content (AvgIpc) is 2.79. The Balaban J connectivity index is 0. The molecule has 0 saturated heterocycles. The fourth-order valence-corrected chi connectivity index (χ4v) is 2.14. The van der Waals surface area contributed by atoms with Crippen LogP contribution < -0.4 is 0 Å². The minimum Gasteiger partial charge on any atom is -0.0683 e. The van der Waals surface area contributed by atoms with E-state index in [1.807, 2.05) is 33.8 Å². The summed E-state index contributed by atoms with van der Waals surface area (Å²) in [5.41, 5.74) is 4.15. The number of hydrogen-bond donors (Lipinski definition) is 0. The van der Waals surface area contributed by atoms with Crippen molar-refractivity contribution < 1.29 is 0 Å². The van der Waals surface area contributed by atoms with Crippen LogP contribution in [-0.2, 0) is 12.8 Å². The van der Waals surface area contributed by atoms with E-state index in [-0.39, 0.29) is 0 Å². The van der Waals surface area contributed by atoms with Gasteiger partial charge in [-0.15, -0.1) is 0 Å². The molecule has 3 rings (SSSR count). The first-order valence-corrected chi connectivity index (χ1v) is 10.9. The maximum absolute atomic E-state index is 2.16. The molecule has 0 unspecified atom stereocenters. The molecule has 0 bridgehead atoms. The van der Waals surface area contributed by atoms with Gasteiger partial charge in [-0.3, -0.25) is 0 Å². The van der Waals surface area contributed by atoms with Crippen molar-refractivity contribution in [1.29, 1.82) is 0 Å². The maximum Gasteiger partial charge on any atom is -0.00258 e. The molecule has 0 spiro atoms. The van der Waals surface area contributed by atoms with Gasteiger partial charge in [0, 0.05) is 0 Å². The van der Waals surface area contributed by atoms with Crippen LogP contribution in [0.1, 0.15) is 71.6 Å². The van der Waals surface area contributed by atoms with Gasteiger partial charge >= 0.3 is 0 Å². The third-order valence-corrected chi connectivity index (χ3v) is 3.34. The third kappa shape index (κ3) is 15.9. The van der Waals surface area contributed by atoms with Crippen LogP contribution in [0.3, 0.4) is 0 Å². The second kappa shape index (κ2) is 22.7. The normalized spacial score (nSPS) is 8.25. The van der Waals surface area contributed by atoms with E-state index >= 15 is 0 Å². The lowest BCUT2D eigenvalue weighted by molar-refractivity contribution is 1.09. The van der Waals surface area contributed by atoms with Crippen molar-refractivity contribution in [1.82, 2.24) is 0 Å². The van der Waals surface area contributed by atoms with Gasteiger partial charge in [0.15, 0.2) is 0 Å². The van der Waals surface area contributed by atoms with Crippen molar-refractivity contribution in [2.24, 2.45) is 0 Å². The zero-order chi connectivity index (χ0) is 21.5. The summed E-state index contributed by atoms with van der Waals surface area (Å²) < 4.78 is 0. The number of aryl methyl sites for hydroxylation is 1. The highest BCUT2D eigenvalue weighted by molar-refractivity contribution is 5.25. The molecule has 0 nitrogen and oxygen atoms in total. The van der Waals surface area contributed by atoms with E-state index in [0.717, 1.165) is 12.8 Å². The van der Waals surface area contributed by atoms with Gasteiger partial charge < -0.3 is 0 Å². The van der Waals surface area contributed by atoms with Gasteiger partial charge in [-0.2, -0.15) is 0 Å². The van der Waals surface area contributed by atoms with Gasteiger partial charge in [-0.1, -0.05) is 146 Å². The standard InChI is InChI=1S/C13H12.C8H10.C3H8.2C2H6/c1-3-7-12(8-4-1)11-13-9-5-2-6-10-13;1-2-8-6-4-3-5-7-8;1-3-2;2*1-2/h1-10H,11H2;3-7H,2H2,1H3;3H2,1-2H3;2*1-2H3. The highest BCUT2D eigenvalue weighted by atomic mass is 14.0. The summed E-state index contributed by atoms with van der Waals surface area (Å²) in [6.45, 7) is 14.4. The molecule has 3 aromatic rings. The molecular weight excluding hydrogens is 336 g/mol. The van der Waals surface area contributed by atoms with Gasteiger partial charge in [0.2, 0.25) is 0 Å². The highest BCUT2D eigenvalue weighted by Gasteiger charge is 1.92. The maximum atomic E-state index is 2.16. The first-order chi connectivity index (χ1) is 13.8. The van der Waals surface area contributed by atoms with E-state index in [9.17, 15) is 0 Å². The largest absolute Gasteiger partial charge is 0.0683 e. The number of benzene rings is 3. The van der Waals surface area contributed by atoms with Gasteiger partial charge in [0.1, 0.15) is 0 Å². The average molecular weight is 379 g/mol. The Bertz CT molecular complexity index is 574. The van der Waals surface area contributed by atoms with Crippen LogP contribution in [0.2, 0.25) is 0 Å². The Morgan fingerprint density at radius 3 is 0.893 bits per heavy atom. The third-order valence-electron chi connectivity index (χ3n) is 3.34. The van der Waals surface area contributed by atoms with Crippen molar-refractivity contribution in [3.8, 4) is 0 Å². The molecule has 0 fully saturated rings. The van der Waals surface area contributed by atoms with Crippen LogP contribution in [0.4, 0.5) is 0 Å². The summed E-state index contributed by atoms with van der Waals surface area (Å²) >= 11 is 0. The van der Waals surface area contributed by atoms with Crippen LogP contribution in [0.25, 0.3) is 0 Å². The summed E-state index contributed by atoms with van der Waals surface area (Å²) in [4.78, 5) is 0. The molecule has 0 radical (unpaired) electrons. The second-order valence-electron chi connectivity index (χ2n) is 5.69. The lowest BCUT2D eigenvalue weighted by Crippen LogP contribution is -1.85. The van der Waals surface area contributed by atoms with Crippen LogP contribution in [0, 0.1) is 0 Å². The first kappa shape index (κ1) is 27.9. The Morgan fingerprint density at radius 2 is 0.679 bits per heavy atom.